The van der Waals surface area contributed by atoms with Crippen LogP contribution in [0.2, 0.25) is 0 Å². The molecule has 10 heteroatoms. The van der Waals surface area contributed by atoms with E-state index in [1.807, 2.05) is 10.7 Å². The van der Waals surface area contributed by atoms with Crippen LogP contribution in [0.5, 0.6) is 0 Å². The summed E-state index contributed by atoms with van der Waals surface area (Å²) in [6.45, 7) is 6.51. The highest BCUT2D eigenvalue weighted by molar-refractivity contribution is 7.84. The van der Waals surface area contributed by atoms with Gasteiger partial charge in [-0.05, 0) is 37.8 Å². The van der Waals surface area contributed by atoms with E-state index in [1.165, 1.54) is 6.07 Å². The zero-order chi connectivity index (χ0) is 23.9. The largest absolute Gasteiger partial charge is 0.381 e. The molecular weight excluding hydrogens is 471 g/mol. The number of hydrogen-bond acceptors (Lipinski definition) is 6. The first-order valence-corrected chi connectivity index (χ1v) is 13.9. The van der Waals surface area contributed by atoms with Crippen LogP contribution < -0.4 is 0 Å². The molecule has 35 heavy (non-hydrogen) atoms. The molecule has 1 aromatic carbocycles. The summed E-state index contributed by atoms with van der Waals surface area (Å²) in [6.07, 6.45) is 3.06. The summed E-state index contributed by atoms with van der Waals surface area (Å²) in [4.78, 5) is 18.0. The monoisotopic (exact) mass is 502 g/mol. The number of carbonyl (C=O) groups is 1. The van der Waals surface area contributed by atoms with E-state index in [2.05, 4.69) is 4.90 Å². The summed E-state index contributed by atoms with van der Waals surface area (Å²) >= 11 is 0. The third-order valence-corrected chi connectivity index (χ3v) is 9.02. The van der Waals surface area contributed by atoms with Crippen molar-refractivity contribution < 1.29 is 22.9 Å². The Morgan fingerprint density at radius 1 is 1.14 bits per heavy atom. The molecule has 3 unspecified atom stereocenters. The number of carbonyl (C=O) groups excluding carboxylic acids is 1. The molecule has 3 fully saturated rings. The minimum Gasteiger partial charge on any atom is -0.381 e. The van der Waals surface area contributed by atoms with Crippen LogP contribution in [0.3, 0.4) is 0 Å². The molecule has 188 valence electrons. The molecule has 0 N–H and O–H groups in total. The second-order valence-corrected chi connectivity index (χ2v) is 11.3. The smallest absolute Gasteiger partial charge is 0.274 e. The fourth-order valence-electron chi connectivity index (χ4n) is 5.86. The summed E-state index contributed by atoms with van der Waals surface area (Å²) in [5, 5.41) is 4.90. The van der Waals surface area contributed by atoms with Crippen molar-refractivity contribution in [3.63, 3.8) is 0 Å². The molecule has 2 aromatic rings. The van der Waals surface area contributed by atoms with Gasteiger partial charge in [-0.15, -0.1) is 0 Å². The van der Waals surface area contributed by atoms with Crippen molar-refractivity contribution in [2.75, 3.05) is 59.2 Å². The van der Waals surface area contributed by atoms with Crippen molar-refractivity contribution >= 4 is 16.7 Å². The number of hydrogen-bond donors (Lipinski definition) is 0. The van der Waals surface area contributed by atoms with Gasteiger partial charge >= 0.3 is 0 Å². The standard InChI is InChI=1S/C25H31FN4O4S/c26-21-5-1-4-19-23-20(16-35(32)24(19)21)22(25(31)29-8-11-33-12-9-29)27-30(23)18-3-2-7-28(14-18)13-17-6-10-34-15-17/h1,4-5,17-18H,2-3,6-16H2. The lowest BCUT2D eigenvalue weighted by Crippen LogP contribution is -2.41. The molecule has 6 rings (SSSR count). The van der Waals surface area contributed by atoms with E-state index >= 15 is 0 Å². The molecule has 8 nitrogen and oxygen atoms in total. The number of nitrogens with zero attached hydrogens (tertiary/aromatic N) is 4. The van der Waals surface area contributed by atoms with E-state index in [-0.39, 0.29) is 22.6 Å². The van der Waals surface area contributed by atoms with Gasteiger partial charge < -0.3 is 19.3 Å². The third kappa shape index (κ3) is 4.34. The number of benzene rings is 1. The third-order valence-electron chi connectivity index (χ3n) is 7.60. The minimum absolute atomic E-state index is 0.0636. The van der Waals surface area contributed by atoms with Gasteiger partial charge in [0.25, 0.3) is 5.91 Å². The van der Waals surface area contributed by atoms with Crippen molar-refractivity contribution in [1.29, 1.82) is 0 Å². The molecule has 4 aliphatic rings. The Hall–Kier alpha value is -2.14. The number of morpholine rings is 1. The Morgan fingerprint density at radius 2 is 2.00 bits per heavy atom. The molecule has 3 saturated heterocycles. The summed E-state index contributed by atoms with van der Waals surface area (Å²) in [5.74, 6) is 0.0311. The van der Waals surface area contributed by atoms with Crippen LogP contribution in [-0.2, 0) is 26.0 Å². The van der Waals surface area contributed by atoms with Crippen molar-refractivity contribution in [3.8, 4) is 11.3 Å². The minimum atomic E-state index is -1.57. The predicted molar refractivity (Wildman–Crippen MR) is 128 cm³/mol. The Bertz CT molecular complexity index is 1140. The van der Waals surface area contributed by atoms with Crippen molar-refractivity contribution in [1.82, 2.24) is 19.6 Å². The van der Waals surface area contributed by atoms with Gasteiger partial charge in [0.1, 0.15) is 5.82 Å². The lowest BCUT2D eigenvalue weighted by Gasteiger charge is -2.35. The molecule has 3 atom stereocenters. The number of ether oxygens (including phenoxy) is 2. The van der Waals surface area contributed by atoms with Crippen LogP contribution in [0, 0.1) is 11.7 Å². The Kier molecular flexibility index (Phi) is 6.46. The maximum atomic E-state index is 14.8. The van der Waals surface area contributed by atoms with Crippen LogP contribution in [0.4, 0.5) is 4.39 Å². The van der Waals surface area contributed by atoms with Crippen LogP contribution in [0.15, 0.2) is 23.1 Å². The maximum Gasteiger partial charge on any atom is 0.274 e. The highest BCUT2D eigenvalue weighted by atomic mass is 32.2. The molecule has 0 aliphatic carbocycles. The first-order valence-electron chi connectivity index (χ1n) is 12.6. The molecule has 0 spiro atoms. The zero-order valence-electron chi connectivity index (χ0n) is 19.8. The summed E-state index contributed by atoms with van der Waals surface area (Å²) in [5.41, 5.74) is 2.39. The molecule has 1 aromatic heterocycles. The van der Waals surface area contributed by atoms with Gasteiger partial charge in [0.15, 0.2) is 5.69 Å². The van der Waals surface area contributed by atoms with Crippen molar-refractivity contribution in [2.45, 2.75) is 36.0 Å². The van der Waals surface area contributed by atoms with E-state index in [0.29, 0.717) is 49.0 Å². The van der Waals surface area contributed by atoms with Crippen molar-refractivity contribution in [3.05, 3.63) is 35.3 Å². The highest BCUT2D eigenvalue weighted by Gasteiger charge is 2.37. The van der Waals surface area contributed by atoms with E-state index in [0.717, 1.165) is 57.8 Å². The number of likely N-dealkylation sites (tertiary alicyclic amines) is 1. The van der Waals surface area contributed by atoms with Gasteiger partial charge in [-0.2, -0.15) is 5.10 Å². The van der Waals surface area contributed by atoms with Crippen LogP contribution in [0.1, 0.15) is 41.4 Å². The van der Waals surface area contributed by atoms with Crippen LogP contribution >= 0.6 is 0 Å². The lowest BCUT2D eigenvalue weighted by molar-refractivity contribution is 0.0297. The van der Waals surface area contributed by atoms with Gasteiger partial charge in [-0.3, -0.25) is 13.7 Å². The zero-order valence-corrected chi connectivity index (χ0v) is 20.6. The summed E-state index contributed by atoms with van der Waals surface area (Å²) in [7, 11) is -1.57. The number of fused-ring (bicyclic) bond motifs is 3. The maximum absolute atomic E-state index is 14.8. The molecular formula is C25H31FN4O4S. The topological polar surface area (TPSA) is 76.9 Å². The molecule has 4 aliphatic heterocycles. The number of aromatic nitrogens is 2. The average Bonchev–Trinajstić information content (AvgIpc) is 3.52. The number of rotatable bonds is 4. The van der Waals surface area contributed by atoms with Gasteiger partial charge in [-0.1, -0.05) is 12.1 Å². The average molecular weight is 503 g/mol. The van der Waals surface area contributed by atoms with Crippen molar-refractivity contribution in [2.24, 2.45) is 5.92 Å². The Balaban J connectivity index is 1.40. The second kappa shape index (κ2) is 9.72. The second-order valence-electron chi connectivity index (χ2n) is 9.92. The van der Waals surface area contributed by atoms with E-state index in [9.17, 15) is 13.4 Å². The molecule has 0 bridgehead atoms. The van der Waals surface area contributed by atoms with Gasteiger partial charge in [0.05, 0.1) is 53.0 Å². The lowest BCUT2D eigenvalue weighted by atomic mass is 10.0. The fraction of sp³-hybridized carbons (Fsp3) is 0.600. The Labute approximate surface area is 206 Å². The molecule has 0 radical (unpaired) electrons. The number of piperidine rings is 1. The quantitative estimate of drug-likeness (QED) is 0.639. The normalized spacial score (nSPS) is 27.0. The molecule has 1 amide bonds. The van der Waals surface area contributed by atoms with Gasteiger partial charge in [-0.25, -0.2) is 4.39 Å². The summed E-state index contributed by atoms with van der Waals surface area (Å²) in [6, 6.07) is 4.88. The van der Waals surface area contributed by atoms with E-state index < -0.39 is 16.6 Å². The van der Waals surface area contributed by atoms with Crippen LogP contribution in [-0.4, -0.2) is 88.8 Å². The highest BCUT2D eigenvalue weighted by Crippen LogP contribution is 2.41. The summed E-state index contributed by atoms with van der Waals surface area (Å²) < 4.78 is 40.9. The SMILES string of the molecule is O=C(c1nn(C2CCCN(CC3CCOC3)C2)c2c1CS(=O)c1c(F)cccc1-2)N1CCOCC1. The molecule has 5 heterocycles. The number of amides is 1. The predicted octanol–water partition coefficient (Wildman–Crippen LogP) is 2.46. The Morgan fingerprint density at radius 3 is 2.80 bits per heavy atom. The fourth-order valence-corrected chi connectivity index (χ4v) is 7.24. The first-order chi connectivity index (χ1) is 17.1. The van der Waals surface area contributed by atoms with Crippen LogP contribution in [0.25, 0.3) is 11.3 Å². The van der Waals surface area contributed by atoms with Gasteiger partial charge in [0.2, 0.25) is 0 Å². The number of halogens is 1. The van der Waals surface area contributed by atoms with E-state index in [4.69, 9.17) is 14.6 Å². The van der Waals surface area contributed by atoms with Gasteiger partial charge in [0, 0.05) is 43.9 Å². The van der Waals surface area contributed by atoms with E-state index in [1.54, 1.807) is 11.0 Å². The molecule has 0 saturated carbocycles. The first kappa shape index (κ1) is 23.3.